The van der Waals surface area contributed by atoms with Crippen molar-refractivity contribution in [3.8, 4) is 0 Å². The molecule has 0 spiro atoms. The number of nitrogens with one attached hydrogen (secondary N) is 1. The second kappa shape index (κ2) is 9.73. The van der Waals surface area contributed by atoms with Gasteiger partial charge in [-0.15, -0.1) is 0 Å². The summed E-state index contributed by atoms with van der Waals surface area (Å²) in [6.45, 7) is 1.63. The molecular weight excluding hydrogens is 402 g/mol. The lowest BCUT2D eigenvalue weighted by atomic mass is 9.98. The molecule has 5 heteroatoms. The molecule has 5 nitrogen and oxygen atoms in total. The van der Waals surface area contributed by atoms with Crippen LogP contribution in [-0.2, 0) is 4.74 Å². The number of aliphatic hydroxyl groups excluding tert-OH is 1. The number of aliphatic hydroxyl groups is 1. The van der Waals surface area contributed by atoms with Crippen LogP contribution in [0.4, 0.5) is 5.69 Å². The fourth-order valence-corrected chi connectivity index (χ4v) is 3.83. The van der Waals surface area contributed by atoms with Crippen LogP contribution in [0.3, 0.4) is 0 Å². The molecule has 0 saturated carbocycles. The van der Waals surface area contributed by atoms with E-state index in [9.17, 15) is 14.7 Å². The lowest BCUT2D eigenvalue weighted by Gasteiger charge is -2.28. The van der Waals surface area contributed by atoms with Crippen molar-refractivity contribution in [1.82, 2.24) is 0 Å². The minimum absolute atomic E-state index is 0.0233. The molecule has 2 N–H and O–H groups in total. The molecule has 0 aliphatic rings. The Hall–Kier alpha value is -3.54. The maximum absolute atomic E-state index is 12.0. The van der Waals surface area contributed by atoms with Gasteiger partial charge in [-0.1, -0.05) is 91.0 Å². The van der Waals surface area contributed by atoms with E-state index >= 15 is 0 Å². The molecule has 0 aliphatic carbocycles. The second-order valence-corrected chi connectivity index (χ2v) is 7.79. The van der Waals surface area contributed by atoms with Crippen molar-refractivity contribution >= 4 is 5.69 Å². The van der Waals surface area contributed by atoms with Crippen molar-refractivity contribution in [3.05, 3.63) is 134 Å². The van der Waals surface area contributed by atoms with Gasteiger partial charge in [-0.05, 0) is 23.6 Å². The average molecular weight is 428 g/mol. The number of benzene rings is 3. The zero-order valence-corrected chi connectivity index (χ0v) is 17.8. The Labute approximate surface area is 186 Å². The molecule has 4 aromatic rings. The first-order valence-corrected chi connectivity index (χ1v) is 10.6. The van der Waals surface area contributed by atoms with Gasteiger partial charge in [0.1, 0.15) is 12.2 Å². The minimum Gasteiger partial charge on any atom is -0.388 e. The predicted octanol–water partition coefficient (Wildman–Crippen LogP) is 3.91. The average Bonchev–Trinajstić information content (AvgIpc) is 2.86. The molecule has 0 aliphatic heterocycles. The summed E-state index contributed by atoms with van der Waals surface area (Å²) in [6.07, 6.45) is -1.31. The van der Waals surface area contributed by atoms with E-state index in [1.807, 2.05) is 91.0 Å². The van der Waals surface area contributed by atoms with E-state index in [-0.39, 0.29) is 18.4 Å². The Morgan fingerprint density at radius 1 is 0.750 bits per heavy atom. The Morgan fingerprint density at radius 3 is 1.69 bits per heavy atom. The highest BCUT2D eigenvalue weighted by Crippen LogP contribution is 2.28. The van der Waals surface area contributed by atoms with Crippen LogP contribution in [-0.4, -0.2) is 17.8 Å². The topological polar surface area (TPSA) is 75.6 Å². The number of hydrogen-bond acceptors (Lipinski definition) is 5. The van der Waals surface area contributed by atoms with E-state index in [4.69, 9.17) is 4.74 Å². The van der Waals surface area contributed by atoms with Crippen LogP contribution >= 0.6 is 0 Å². The Kier molecular flexibility index (Phi) is 6.59. The summed E-state index contributed by atoms with van der Waals surface area (Å²) in [6, 6.07) is 28.4. The third kappa shape index (κ3) is 4.54. The van der Waals surface area contributed by atoms with Crippen LogP contribution in [0.1, 0.15) is 34.4 Å². The van der Waals surface area contributed by atoms with Crippen LogP contribution in [0.5, 0.6) is 0 Å². The summed E-state index contributed by atoms with van der Waals surface area (Å²) in [5.41, 5.74) is 2.36. The van der Waals surface area contributed by atoms with E-state index < -0.39 is 23.0 Å². The molecule has 0 bridgehead atoms. The first-order chi connectivity index (χ1) is 15.6. The van der Waals surface area contributed by atoms with Crippen molar-refractivity contribution in [2.45, 2.75) is 25.2 Å². The van der Waals surface area contributed by atoms with E-state index in [0.717, 1.165) is 16.7 Å². The van der Waals surface area contributed by atoms with Crippen LogP contribution < -0.4 is 16.2 Å². The standard InChI is InChI=1S/C27H25NO4/c1-18-23(26(31)25(18)30)28-24(19-11-5-2-6-12-19)22(29)17-32-27(20-13-7-3-8-14-20)21-15-9-4-10-16-21/h2-16,22,24,27-29H,17H2,1H3/t22-,24+/m0/s1. The van der Waals surface area contributed by atoms with Gasteiger partial charge in [-0.25, -0.2) is 0 Å². The Balaban J connectivity index is 1.57. The summed E-state index contributed by atoms with van der Waals surface area (Å²) in [5, 5.41) is 14.2. The normalized spacial score (nSPS) is 13.2. The maximum Gasteiger partial charge on any atom is 0.249 e. The summed E-state index contributed by atoms with van der Waals surface area (Å²) in [7, 11) is 0. The van der Waals surface area contributed by atoms with E-state index in [0.29, 0.717) is 5.56 Å². The number of hydrogen-bond donors (Lipinski definition) is 2. The van der Waals surface area contributed by atoms with Gasteiger partial charge in [0.15, 0.2) is 0 Å². The van der Waals surface area contributed by atoms with Crippen LogP contribution in [0.25, 0.3) is 0 Å². The SMILES string of the molecule is Cc1c(N[C@H](c2ccccc2)[C@@H](O)COC(c2ccccc2)c2ccccc2)c(=O)c1=O. The lowest BCUT2D eigenvalue weighted by molar-refractivity contribution is -0.00183. The van der Waals surface area contributed by atoms with E-state index in [1.165, 1.54) is 0 Å². The first-order valence-electron chi connectivity index (χ1n) is 10.6. The van der Waals surface area contributed by atoms with E-state index in [2.05, 4.69) is 5.32 Å². The number of ether oxygens (including phenoxy) is 1. The first kappa shape index (κ1) is 21.7. The highest BCUT2D eigenvalue weighted by molar-refractivity contribution is 5.57. The van der Waals surface area contributed by atoms with Gasteiger partial charge in [0.2, 0.25) is 10.9 Å². The molecule has 4 rings (SSSR count). The Bertz CT molecular complexity index is 1180. The van der Waals surface area contributed by atoms with E-state index in [1.54, 1.807) is 6.92 Å². The predicted molar refractivity (Wildman–Crippen MR) is 126 cm³/mol. The summed E-state index contributed by atoms with van der Waals surface area (Å²) >= 11 is 0. The van der Waals surface area contributed by atoms with Crippen LogP contribution in [0.2, 0.25) is 0 Å². The van der Waals surface area contributed by atoms with Gasteiger partial charge in [-0.2, -0.15) is 0 Å². The third-order valence-electron chi connectivity index (χ3n) is 5.63. The van der Waals surface area contributed by atoms with Crippen molar-refractivity contribution in [2.24, 2.45) is 0 Å². The summed E-state index contributed by atoms with van der Waals surface area (Å²) in [4.78, 5) is 23.7. The van der Waals surface area contributed by atoms with Crippen molar-refractivity contribution in [2.75, 3.05) is 11.9 Å². The molecule has 0 unspecified atom stereocenters. The highest BCUT2D eigenvalue weighted by atomic mass is 16.5. The fourth-order valence-electron chi connectivity index (χ4n) is 3.83. The van der Waals surface area contributed by atoms with Crippen molar-refractivity contribution in [1.29, 1.82) is 0 Å². The van der Waals surface area contributed by atoms with Gasteiger partial charge in [0.25, 0.3) is 0 Å². The molecule has 2 atom stereocenters. The lowest BCUT2D eigenvalue weighted by Crippen LogP contribution is -2.40. The third-order valence-corrected chi connectivity index (χ3v) is 5.63. The molecule has 0 aromatic heterocycles. The molecule has 0 fully saturated rings. The highest BCUT2D eigenvalue weighted by Gasteiger charge is 2.27. The van der Waals surface area contributed by atoms with Gasteiger partial charge in [-0.3, -0.25) is 9.59 Å². The zero-order valence-electron chi connectivity index (χ0n) is 17.8. The molecule has 32 heavy (non-hydrogen) atoms. The minimum atomic E-state index is -0.962. The number of rotatable bonds is 9. The number of anilines is 1. The summed E-state index contributed by atoms with van der Waals surface area (Å²) in [5.74, 6) is 0. The fraction of sp³-hybridized carbons (Fsp3) is 0.185. The molecule has 4 aromatic carbocycles. The van der Waals surface area contributed by atoms with Gasteiger partial charge in [0, 0.05) is 5.56 Å². The molecule has 0 heterocycles. The maximum atomic E-state index is 12.0. The van der Waals surface area contributed by atoms with Crippen molar-refractivity contribution in [3.63, 3.8) is 0 Å². The zero-order chi connectivity index (χ0) is 22.5. The molecular formula is C27H25NO4. The van der Waals surface area contributed by atoms with Crippen molar-refractivity contribution < 1.29 is 9.84 Å². The van der Waals surface area contributed by atoms with Gasteiger partial charge >= 0.3 is 0 Å². The quantitative estimate of drug-likeness (QED) is 0.396. The largest absolute Gasteiger partial charge is 0.388 e. The van der Waals surface area contributed by atoms with Crippen LogP contribution in [0, 0.1) is 6.92 Å². The van der Waals surface area contributed by atoms with Gasteiger partial charge in [0.05, 0.1) is 18.3 Å². The second-order valence-electron chi connectivity index (χ2n) is 7.79. The smallest absolute Gasteiger partial charge is 0.249 e. The summed E-state index contributed by atoms with van der Waals surface area (Å²) < 4.78 is 6.23. The Morgan fingerprint density at radius 2 is 1.22 bits per heavy atom. The molecule has 0 radical (unpaired) electrons. The monoisotopic (exact) mass is 427 g/mol. The van der Waals surface area contributed by atoms with Gasteiger partial charge < -0.3 is 15.2 Å². The molecule has 0 amide bonds. The molecule has 0 saturated heterocycles. The molecule has 162 valence electrons. The van der Waals surface area contributed by atoms with Crippen LogP contribution in [0.15, 0.2) is 101 Å².